The molecule has 1 amide bonds. The van der Waals surface area contributed by atoms with Crippen molar-refractivity contribution in [3.8, 4) is 0 Å². The molecule has 102 valence electrons. The van der Waals surface area contributed by atoms with Gasteiger partial charge in [0.1, 0.15) is 0 Å². The third-order valence-electron chi connectivity index (χ3n) is 2.27. The van der Waals surface area contributed by atoms with Crippen LogP contribution in [0, 0.1) is 5.92 Å². The third kappa shape index (κ3) is 10.3. The Hall–Kier alpha value is -0.620. The fourth-order valence-corrected chi connectivity index (χ4v) is 1.85. The number of nitrogens with one attached hydrogen (secondary N) is 2. The molecule has 0 atom stereocenters. The molecule has 0 aliphatic rings. The fraction of sp³-hybridized carbons (Fsp3) is 0.909. The molecule has 0 radical (unpaired) electrons. The van der Waals surface area contributed by atoms with Gasteiger partial charge in [-0.15, -0.1) is 0 Å². The molecule has 0 unspecified atom stereocenters. The first kappa shape index (κ1) is 16.4. The normalized spacial score (nSPS) is 11.8. The lowest BCUT2D eigenvalue weighted by Gasteiger charge is -2.08. The van der Waals surface area contributed by atoms with Crippen molar-refractivity contribution in [1.82, 2.24) is 10.6 Å². The summed E-state index contributed by atoms with van der Waals surface area (Å²) in [6.07, 6.45) is 0.388. The molecule has 0 saturated carbocycles. The number of carbonyl (C=O) groups excluding carboxylic acids is 1. The summed E-state index contributed by atoms with van der Waals surface area (Å²) in [6, 6.07) is 0. The molecule has 0 aromatic rings. The molecule has 0 aromatic carbocycles. The fourth-order valence-electron chi connectivity index (χ4n) is 1.11. The summed E-state index contributed by atoms with van der Waals surface area (Å²) in [6.45, 7) is 7.32. The zero-order valence-electron chi connectivity index (χ0n) is 11.0. The van der Waals surface area contributed by atoms with Crippen LogP contribution in [0.25, 0.3) is 0 Å². The van der Waals surface area contributed by atoms with E-state index in [-0.39, 0.29) is 17.4 Å². The predicted octanol–water partition coefficient (Wildman–Crippen LogP) is 0.173. The molecule has 2 N–H and O–H groups in total. The maximum atomic E-state index is 11.3. The molecule has 17 heavy (non-hydrogen) atoms. The van der Waals surface area contributed by atoms with E-state index in [1.165, 1.54) is 0 Å². The number of carbonyl (C=O) groups is 1. The van der Waals surface area contributed by atoms with Crippen LogP contribution < -0.4 is 10.6 Å². The van der Waals surface area contributed by atoms with Crippen molar-refractivity contribution in [1.29, 1.82) is 0 Å². The first-order valence-corrected chi connectivity index (χ1v) is 7.87. The van der Waals surface area contributed by atoms with E-state index in [9.17, 15) is 13.2 Å². The first-order chi connectivity index (χ1) is 7.87. The topological polar surface area (TPSA) is 75.3 Å². The van der Waals surface area contributed by atoms with Crippen molar-refractivity contribution in [2.24, 2.45) is 5.92 Å². The highest BCUT2D eigenvalue weighted by Crippen LogP contribution is 1.89. The molecular formula is C11H24N2O3S. The van der Waals surface area contributed by atoms with E-state index in [1.54, 1.807) is 6.92 Å². The van der Waals surface area contributed by atoms with Gasteiger partial charge in [-0.2, -0.15) is 0 Å². The van der Waals surface area contributed by atoms with E-state index < -0.39 is 9.84 Å². The summed E-state index contributed by atoms with van der Waals surface area (Å²) in [5.41, 5.74) is 0. The molecule has 0 spiro atoms. The van der Waals surface area contributed by atoms with Crippen LogP contribution in [0.1, 0.15) is 27.2 Å². The van der Waals surface area contributed by atoms with Crippen LogP contribution in [-0.2, 0) is 14.6 Å². The molecule has 0 bridgehead atoms. The molecule has 0 aliphatic heterocycles. The van der Waals surface area contributed by atoms with Crippen molar-refractivity contribution in [3.63, 3.8) is 0 Å². The van der Waals surface area contributed by atoms with E-state index in [4.69, 9.17) is 0 Å². The molecular weight excluding hydrogens is 240 g/mol. The number of hydrogen-bond donors (Lipinski definition) is 2. The van der Waals surface area contributed by atoms with Gasteiger partial charge in [0.25, 0.3) is 0 Å². The monoisotopic (exact) mass is 264 g/mol. The minimum atomic E-state index is -2.90. The lowest BCUT2D eigenvalue weighted by Crippen LogP contribution is -2.31. The van der Waals surface area contributed by atoms with Crippen molar-refractivity contribution >= 4 is 15.7 Å². The van der Waals surface area contributed by atoms with Crippen LogP contribution in [0.5, 0.6) is 0 Å². The molecule has 0 aromatic heterocycles. The van der Waals surface area contributed by atoms with Crippen LogP contribution in [0.3, 0.4) is 0 Å². The van der Waals surface area contributed by atoms with E-state index in [2.05, 4.69) is 10.6 Å². The Bertz CT molecular complexity index is 313. The number of rotatable bonds is 9. The number of amides is 1. The first-order valence-electron chi connectivity index (χ1n) is 6.05. The van der Waals surface area contributed by atoms with Crippen molar-refractivity contribution in [2.75, 3.05) is 31.1 Å². The lowest BCUT2D eigenvalue weighted by molar-refractivity contribution is -0.121. The van der Waals surface area contributed by atoms with Gasteiger partial charge in [-0.1, -0.05) is 20.8 Å². The SMILES string of the molecule is CCS(=O)(=O)CCNCCC(=O)NCC(C)C. The van der Waals surface area contributed by atoms with Crippen molar-refractivity contribution in [3.05, 3.63) is 0 Å². The Labute approximate surface area is 104 Å². The summed E-state index contributed by atoms with van der Waals surface area (Å²) in [5, 5.41) is 5.76. The van der Waals surface area contributed by atoms with Gasteiger partial charge in [0.2, 0.25) is 5.91 Å². The third-order valence-corrected chi connectivity index (χ3v) is 3.97. The van der Waals surface area contributed by atoms with Gasteiger partial charge in [0.05, 0.1) is 5.75 Å². The van der Waals surface area contributed by atoms with E-state index in [0.717, 1.165) is 0 Å². The molecule has 5 nitrogen and oxygen atoms in total. The summed E-state index contributed by atoms with van der Waals surface area (Å²) in [7, 11) is -2.90. The Morgan fingerprint density at radius 3 is 2.41 bits per heavy atom. The number of hydrogen-bond acceptors (Lipinski definition) is 4. The quantitative estimate of drug-likeness (QED) is 0.582. The molecule has 0 aliphatic carbocycles. The van der Waals surface area contributed by atoms with Crippen molar-refractivity contribution in [2.45, 2.75) is 27.2 Å². The maximum Gasteiger partial charge on any atom is 0.221 e. The van der Waals surface area contributed by atoms with E-state index >= 15 is 0 Å². The van der Waals surface area contributed by atoms with Crippen LogP contribution in [0.15, 0.2) is 0 Å². The Morgan fingerprint density at radius 2 is 1.88 bits per heavy atom. The van der Waals surface area contributed by atoms with Gasteiger partial charge in [0.15, 0.2) is 9.84 Å². The Balaban J connectivity index is 3.49. The maximum absolute atomic E-state index is 11.3. The lowest BCUT2D eigenvalue weighted by atomic mass is 10.2. The van der Waals surface area contributed by atoms with Crippen LogP contribution >= 0.6 is 0 Å². The highest BCUT2D eigenvalue weighted by Gasteiger charge is 2.06. The average Bonchev–Trinajstić information content (AvgIpc) is 2.25. The summed E-state index contributed by atoms with van der Waals surface area (Å²) in [4.78, 5) is 11.3. The van der Waals surface area contributed by atoms with Crippen LogP contribution in [0.4, 0.5) is 0 Å². The second-order valence-corrected chi connectivity index (χ2v) is 6.91. The minimum absolute atomic E-state index is 0.00421. The molecule has 0 fully saturated rings. The smallest absolute Gasteiger partial charge is 0.221 e. The van der Waals surface area contributed by atoms with E-state index in [0.29, 0.717) is 32.0 Å². The predicted molar refractivity (Wildman–Crippen MR) is 69.7 cm³/mol. The Morgan fingerprint density at radius 1 is 1.24 bits per heavy atom. The van der Waals surface area contributed by atoms with Gasteiger partial charge in [0, 0.05) is 31.8 Å². The van der Waals surface area contributed by atoms with Gasteiger partial charge in [-0.3, -0.25) is 4.79 Å². The second-order valence-electron chi connectivity index (χ2n) is 4.43. The minimum Gasteiger partial charge on any atom is -0.356 e. The number of sulfone groups is 1. The van der Waals surface area contributed by atoms with Crippen molar-refractivity contribution < 1.29 is 13.2 Å². The standard InChI is InChI=1S/C11H24N2O3S/c1-4-17(15,16)8-7-12-6-5-11(14)13-9-10(2)3/h10,12H,4-9H2,1-3H3,(H,13,14). The van der Waals surface area contributed by atoms with Crippen LogP contribution in [0.2, 0.25) is 0 Å². The summed E-state index contributed by atoms with van der Waals surface area (Å²) < 4.78 is 22.3. The van der Waals surface area contributed by atoms with Gasteiger partial charge in [-0.05, 0) is 5.92 Å². The summed E-state index contributed by atoms with van der Waals surface area (Å²) in [5.74, 6) is 0.756. The average molecular weight is 264 g/mol. The zero-order chi connectivity index (χ0) is 13.3. The highest BCUT2D eigenvalue weighted by atomic mass is 32.2. The highest BCUT2D eigenvalue weighted by molar-refractivity contribution is 7.91. The summed E-state index contributed by atoms with van der Waals surface area (Å²) >= 11 is 0. The molecule has 6 heteroatoms. The molecule has 0 heterocycles. The largest absolute Gasteiger partial charge is 0.356 e. The van der Waals surface area contributed by atoms with Gasteiger partial charge in [-0.25, -0.2) is 8.42 Å². The van der Waals surface area contributed by atoms with Gasteiger partial charge >= 0.3 is 0 Å². The molecule has 0 rings (SSSR count). The zero-order valence-corrected chi connectivity index (χ0v) is 11.8. The van der Waals surface area contributed by atoms with Gasteiger partial charge < -0.3 is 10.6 Å². The molecule has 0 saturated heterocycles. The van der Waals surface area contributed by atoms with Crippen LogP contribution in [-0.4, -0.2) is 45.5 Å². The Kier molecular flexibility index (Phi) is 8.16. The second kappa shape index (κ2) is 8.47. The van der Waals surface area contributed by atoms with E-state index in [1.807, 2.05) is 13.8 Å².